The fourth-order valence-corrected chi connectivity index (χ4v) is 4.21. The van der Waals surface area contributed by atoms with Gasteiger partial charge in [-0.15, -0.1) is 0 Å². The first kappa shape index (κ1) is 15.4. The number of benzene rings is 1. The molecule has 0 unspecified atom stereocenters. The lowest BCUT2D eigenvalue weighted by Gasteiger charge is -2.36. The zero-order valence-electron chi connectivity index (χ0n) is 13.3. The summed E-state index contributed by atoms with van der Waals surface area (Å²) in [5.41, 5.74) is 1.98. The standard InChI is InChI=1S/C17H22N2O2S/c1-12-14(3)22(20)10-9-19(12)11-16-13(2)21-17(18-16)15-7-5-4-6-8-15/h4-8,12,14H,9-11H2,1-3H3/t12-,14-,22-/m1/s1. The molecule has 5 heteroatoms. The van der Waals surface area contributed by atoms with Crippen LogP contribution in [-0.2, 0) is 17.3 Å². The summed E-state index contributed by atoms with van der Waals surface area (Å²) >= 11 is 0. The van der Waals surface area contributed by atoms with Gasteiger partial charge in [-0.1, -0.05) is 18.2 Å². The van der Waals surface area contributed by atoms with Crippen molar-refractivity contribution in [3.63, 3.8) is 0 Å². The summed E-state index contributed by atoms with van der Waals surface area (Å²) in [6.45, 7) is 7.79. The second-order valence-corrected chi connectivity index (χ2v) is 7.80. The zero-order valence-corrected chi connectivity index (χ0v) is 14.1. The first-order valence-electron chi connectivity index (χ1n) is 7.69. The summed E-state index contributed by atoms with van der Waals surface area (Å²) in [5.74, 6) is 2.29. The molecule has 3 atom stereocenters. The Bertz CT molecular complexity index is 669. The van der Waals surface area contributed by atoms with Crippen molar-refractivity contribution in [3.05, 3.63) is 41.8 Å². The van der Waals surface area contributed by atoms with Crippen LogP contribution in [0.1, 0.15) is 25.3 Å². The molecule has 2 heterocycles. The quantitative estimate of drug-likeness (QED) is 0.873. The van der Waals surface area contributed by atoms with E-state index in [4.69, 9.17) is 4.42 Å². The lowest BCUT2D eigenvalue weighted by molar-refractivity contribution is 0.198. The molecule has 3 rings (SSSR count). The Hall–Kier alpha value is -1.46. The van der Waals surface area contributed by atoms with E-state index in [1.165, 1.54) is 0 Å². The van der Waals surface area contributed by atoms with Crippen LogP contribution in [0.4, 0.5) is 0 Å². The minimum absolute atomic E-state index is 0.203. The molecule has 0 bridgehead atoms. The van der Waals surface area contributed by atoms with Crippen molar-refractivity contribution in [2.75, 3.05) is 12.3 Å². The summed E-state index contributed by atoms with van der Waals surface area (Å²) in [6, 6.07) is 10.3. The van der Waals surface area contributed by atoms with Crippen LogP contribution in [0, 0.1) is 6.92 Å². The van der Waals surface area contributed by atoms with Gasteiger partial charge in [0.05, 0.1) is 5.69 Å². The van der Waals surface area contributed by atoms with Gasteiger partial charge < -0.3 is 4.42 Å². The van der Waals surface area contributed by atoms with Crippen LogP contribution in [0.3, 0.4) is 0 Å². The SMILES string of the molecule is Cc1oc(-c2ccccc2)nc1CN1CC[S@@](=O)[C@H](C)[C@H]1C. The maximum Gasteiger partial charge on any atom is 0.226 e. The Morgan fingerprint density at radius 3 is 2.77 bits per heavy atom. The first-order valence-corrected chi connectivity index (χ1v) is 9.07. The van der Waals surface area contributed by atoms with Crippen LogP contribution in [0.25, 0.3) is 11.5 Å². The van der Waals surface area contributed by atoms with E-state index in [2.05, 4.69) is 23.7 Å². The monoisotopic (exact) mass is 318 g/mol. The van der Waals surface area contributed by atoms with Crippen molar-refractivity contribution in [2.45, 2.75) is 38.6 Å². The van der Waals surface area contributed by atoms with Crippen molar-refractivity contribution in [1.82, 2.24) is 9.88 Å². The average molecular weight is 318 g/mol. The molecule has 0 radical (unpaired) electrons. The highest BCUT2D eigenvalue weighted by atomic mass is 32.2. The molecule has 1 aliphatic heterocycles. The third-order valence-electron chi connectivity index (χ3n) is 4.52. The minimum Gasteiger partial charge on any atom is -0.441 e. The Morgan fingerprint density at radius 2 is 2.05 bits per heavy atom. The first-order chi connectivity index (χ1) is 10.6. The van der Waals surface area contributed by atoms with Crippen LogP contribution >= 0.6 is 0 Å². The second kappa shape index (κ2) is 6.34. The van der Waals surface area contributed by atoms with E-state index >= 15 is 0 Å². The molecule has 0 N–H and O–H groups in total. The number of hydrogen-bond donors (Lipinski definition) is 0. The molecule has 0 spiro atoms. The lowest BCUT2D eigenvalue weighted by atomic mass is 10.2. The van der Waals surface area contributed by atoms with Crippen LogP contribution in [0.15, 0.2) is 34.7 Å². The summed E-state index contributed by atoms with van der Waals surface area (Å²) in [6.07, 6.45) is 0. The topological polar surface area (TPSA) is 46.3 Å². The van der Waals surface area contributed by atoms with Crippen molar-refractivity contribution in [1.29, 1.82) is 0 Å². The van der Waals surface area contributed by atoms with Crippen LogP contribution in [0.5, 0.6) is 0 Å². The van der Waals surface area contributed by atoms with Crippen LogP contribution in [0.2, 0.25) is 0 Å². The third-order valence-corrected chi connectivity index (χ3v) is 6.32. The highest BCUT2D eigenvalue weighted by Crippen LogP contribution is 2.24. The third kappa shape index (κ3) is 3.01. The fourth-order valence-electron chi connectivity index (χ4n) is 2.81. The van der Waals surface area contributed by atoms with Gasteiger partial charge in [0.25, 0.3) is 0 Å². The number of oxazole rings is 1. The summed E-state index contributed by atoms with van der Waals surface area (Å²) in [4.78, 5) is 7.02. The average Bonchev–Trinajstić information content (AvgIpc) is 2.90. The molecule has 1 saturated heterocycles. The smallest absolute Gasteiger partial charge is 0.226 e. The second-order valence-electron chi connectivity index (χ2n) is 5.89. The Balaban J connectivity index is 1.79. The fraction of sp³-hybridized carbons (Fsp3) is 0.471. The molecule has 2 aromatic rings. The van der Waals surface area contributed by atoms with Gasteiger partial charge >= 0.3 is 0 Å². The van der Waals surface area contributed by atoms with E-state index in [1.807, 2.05) is 37.3 Å². The van der Waals surface area contributed by atoms with Crippen molar-refractivity contribution in [3.8, 4) is 11.5 Å². The van der Waals surface area contributed by atoms with E-state index in [9.17, 15) is 4.21 Å². The molecule has 1 fully saturated rings. The molecule has 4 nitrogen and oxygen atoms in total. The predicted molar refractivity (Wildman–Crippen MR) is 89.0 cm³/mol. The maximum atomic E-state index is 11.9. The highest BCUT2D eigenvalue weighted by molar-refractivity contribution is 7.85. The maximum absolute atomic E-state index is 11.9. The normalized spacial score (nSPS) is 26.2. The van der Waals surface area contributed by atoms with Gasteiger partial charge in [-0.05, 0) is 32.9 Å². The molecule has 22 heavy (non-hydrogen) atoms. The van der Waals surface area contributed by atoms with E-state index in [0.717, 1.165) is 35.9 Å². The van der Waals surface area contributed by atoms with Crippen LogP contribution in [-0.4, -0.2) is 37.7 Å². The summed E-state index contributed by atoms with van der Waals surface area (Å²) in [7, 11) is -0.709. The van der Waals surface area contributed by atoms with Crippen LogP contribution < -0.4 is 0 Å². The lowest BCUT2D eigenvalue weighted by Crippen LogP contribution is -2.49. The Morgan fingerprint density at radius 1 is 1.32 bits per heavy atom. The molecule has 1 aromatic carbocycles. The van der Waals surface area contributed by atoms with E-state index in [0.29, 0.717) is 11.9 Å². The predicted octanol–water partition coefficient (Wildman–Crippen LogP) is 2.99. The number of aryl methyl sites for hydroxylation is 1. The van der Waals surface area contributed by atoms with Crippen molar-refractivity contribution in [2.24, 2.45) is 0 Å². The molecular formula is C17H22N2O2S. The molecule has 0 amide bonds. The zero-order chi connectivity index (χ0) is 15.7. The van der Waals surface area contributed by atoms with E-state index in [-0.39, 0.29) is 5.25 Å². The number of hydrogen-bond acceptors (Lipinski definition) is 4. The van der Waals surface area contributed by atoms with Crippen molar-refractivity contribution >= 4 is 10.8 Å². The van der Waals surface area contributed by atoms with Gasteiger partial charge in [0.1, 0.15) is 5.76 Å². The molecule has 0 saturated carbocycles. The largest absolute Gasteiger partial charge is 0.441 e. The van der Waals surface area contributed by atoms with Gasteiger partial charge in [0, 0.05) is 46.5 Å². The van der Waals surface area contributed by atoms with Crippen molar-refractivity contribution < 1.29 is 8.63 Å². The van der Waals surface area contributed by atoms with Gasteiger partial charge in [-0.3, -0.25) is 9.11 Å². The Labute approximate surface area is 134 Å². The van der Waals surface area contributed by atoms with Gasteiger partial charge in [0.2, 0.25) is 5.89 Å². The summed E-state index contributed by atoms with van der Waals surface area (Å²) in [5, 5.41) is 0.203. The molecular weight excluding hydrogens is 296 g/mol. The highest BCUT2D eigenvalue weighted by Gasteiger charge is 2.30. The van der Waals surface area contributed by atoms with Gasteiger partial charge in [-0.25, -0.2) is 4.98 Å². The molecule has 118 valence electrons. The number of rotatable bonds is 3. The van der Waals surface area contributed by atoms with Gasteiger partial charge in [-0.2, -0.15) is 0 Å². The van der Waals surface area contributed by atoms with E-state index in [1.54, 1.807) is 0 Å². The Kier molecular flexibility index (Phi) is 4.45. The van der Waals surface area contributed by atoms with Gasteiger partial charge in [0.15, 0.2) is 0 Å². The minimum atomic E-state index is -0.709. The molecule has 0 aliphatic carbocycles. The number of aromatic nitrogens is 1. The number of nitrogens with zero attached hydrogens (tertiary/aromatic N) is 2. The summed E-state index contributed by atoms with van der Waals surface area (Å²) < 4.78 is 17.7. The van der Waals surface area contributed by atoms with E-state index < -0.39 is 10.8 Å². The molecule has 1 aliphatic rings. The molecule has 1 aromatic heterocycles.